The Kier molecular flexibility index (Phi) is 3.94. The molecule has 1 fully saturated rings. The highest BCUT2D eigenvalue weighted by molar-refractivity contribution is 5.70. The van der Waals surface area contributed by atoms with E-state index in [0.29, 0.717) is 37.7 Å². The number of nitrogens with zero attached hydrogens (tertiary/aromatic N) is 4. The van der Waals surface area contributed by atoms with Gasteiger partial charge in [0.15, 0.2) is 0 Å². The Labute approximate surface area is 110 Å². The minimum atomic E-state index is -0.743. The molecule has 1 aromatic heterocycles. The van der Waals surface area contributed by atoms with Gasteiger partial charge in [-0.2, -0.15) is 4.98 Å². The number of carboxylic acids is 1. The second kappa shape index (κ2) is 5.64. The number of rotatable bonds is 4. The molecule has 1 saturated heterocycles. The molecule has 0 aromatic carbocycles. The third-order valence-corrected chi connectivity index (χ3v) is 3.10. The number of carboxylic acid groups (broad SMARTS) is 1. The van der Waals surface area contributed by atoms with Gasteiger partial charge in [-0.25, -0.2) is 9.97 Å². The summed E-state index contributed by atoms with van der Waals surface area (Å²) in [6.45, 7) is 4.62. The van der Waals surface area contributed by atoms with Crippen molar-refractivity contribution in [1.82, 2.24) is 15.0 Å². The molecule has 2 rings (SSSR count). The van der Waals surface area contributed by atoms with Gasteiger partial charge in [0, 0.05) is 13.1 Å². The number of hydrogen-bond donors (Lipinski definition) is 2. The molecule has 0 saturated carbocycles. The van der Waals surface area contributed by atoms with Crippen molar-refractivity contribution in [3.05, 3.63) is 24.5 Å². The SMILES string of the molecule is C=C(O)Cc1ncnc(N2CCC(C(=O)O)CC2)n1. The van der Waals surface area contributed by atoms with Gasteiger partial charge in [0.05, 0.1) is 18.1 Å². The Morgan fingerprint density at radius 2 is 2.05 bits per heavy atom. The fraction of sp³-hybridized carbons (Fsp3) is 0.500. The number of aromatic nitrogens is 3. The van der Waals surface area contributed by atoms with Crippen LogP contribution in [-0.2, 0) is 11.2 Å². The molecule has 0 bridgehead atoms. The maximum absolute atomic E-state index is 10.9. The highest BCUT2D eigenvalue weighted by atomic mass is 16.4. The van der Waals surface area contributed by atoms with Crippen LogP contribution in [0.4, 0.5) is 5.95 Å². The second-order valence-corrected chi connectivity index (χ2v) is 4.54. The average molecular weight is 264 g/mol. The molecule has 102 valence electrons. The normalized spacial score (nSPS) is 16.3. The highest BCUT2D eigenvalue weighted by Gasteiger charge is 2.25. The molecule has 1 aliphatic rings. The Morgan fingerprint density at radius 1 is 1.37 bits per heavy atom. The van der Waals surface area contributed by atoms with Crippen molar-refractivity contribution >= 4 is 11.9 Å². The lowest BCUT2D eigenvalue weighted by molar-refractivity contribution is -0.142. The van der Waals surface area contributed by atoms with Gasteiger partial charge < -0.3 is 15.1 Å². The van der Waals surface area contributed by atoms with E-state index in [9.17, 15) is 4.79 Å². The van der Waals surface area contributed by atoms with E-state index >= 15 is 0 Å². The number of allylic oxidation sites excluding steroid dienone is 1. The Hall–Kier alpha value is -2.18. The topological polar surface area (TPSA) is 99.4 Å². The van der Waals surface area contributed by atoms with E-state index in [2.05, 4.69) is 21.5 Å². The van der Waals surface area contributed by atoms with Gasteiger partial charge in [-0.15, -0.1) is 0 Å². The third-order valence-electron chi connectivity index (χ3n) is 3.10. The number of hydrogen-bond acceptors (Lipinski definition) is 6. The molecule has 1 aromatic rings. The summed E-state index contributed by atoms with van der Waals surface area (Å²) in [7, 11) is 0. The van der Waals surface area contributed by atoms with Crippen LogP contribution in [0, 0.1) is 5.92 Å². The fourth-order valence-corrected chi connectivity index (χ4v) is 2.07. The summed E-state index contributed by atoms with van der Waals surface area (Å²) in [5, 5.41) is 18.1. The monoisotopic (exact) mass is 264 g/mol. The Bertz CT molecular complexity index is 484. The molecular formula is C12H16N4O3. The molecule has 0 spiro atoms. The van der Waals surface area contributed by atoms with Crippen LogP contribution in [0.1, 0.15) is 18.7 Å². The quantitative estimate of drug-likeness (QED) is 0.775. The van der Waals surface area contributed by atoms with E-state index in [1.165, 1.54) is 6.33 Å². The second-order valence-electron chi connectivity index (χ2n) is 4.54. The molecule has 7 nitrogen and oxygen atoms in total. The summed E-state index contributed by atoms with van der Waals surface area (Å²) in [6, 6.07) is 0. The first kappa shape index (κ1) is 13.3. The molecule has 2 N–H and O–H groups in total. The molecule has 19 heavy (non-hydrogen) atoms. The van der Waals surface area contributed by atoms with E-state index in [1.807, 2.05) is 4.90 Å². The largest absolute Gasteiger partial charge is 0.512 e. The molecule has 0 atom stereocenters. The van der Waals surface area contributed by atoms with E-state index in [1.54, 1.807) is 0 Å². The first-order chi connectivity index (χ1) is 9.06. The fourth-order valence-electron chi connectivity index (χ4n) is 2.07. The van der Waals surface area contributed by atoms with Crippen molar-refractivity contribution in [2.45, 2.75) is 19.3 Å². The van der Waals surface area contributed by atoms with Crippen LogP contribution < -0.4 is 4.90 Å². The number of piperidine rings is 1. The zero-order chi connectivity index (χ0) is 13.8. The molecule has 2 heterocycles. The number of aliphatic hydroxyl groups excluding tert-OH is 1. The van der Waals surface area contributed by atoms with Crippen molar-refractivity contribution < 1.29 is 15.0 Å². The maximum Gasteiger partial charge on any atom is 0.306 e. The van der Waals surface area contributed by atoms with Crippen molar-refractivity contribution in [2.24, 2.45) is 5.92 Å². The van der Waals surface area contributed by atoms with E-state index in [-0.39, 0.29) is 18.1 Å². The number of aliphatic hydroxyl groups is 1. The lowest BCUT2D eigenvalue weighted by atomic mass is 9.97. The molecule has 0 radical (unpaired) electrons. The van der Waals surface area contributed by atoms with Gasteiger partial charge in [-0.05, 0) is 12.8 Å². The van der Waals surface area contributed by atoms with Crippen molar-refractivity contribution in [3.8, 4) is 0 Å². The van der Waals surface area contributed by atoms with E-state index in [4.69, 9.17) is 10.2 Å². The van der Waals surface area contributed by atoms with E-state index in [0.717, 1.165) is 0 Å². The Balaban J connectivity index is 2.03. The number of aliphatic carboxylic acids is 1. The summed E-state index contributed by atoms with van der Waals surface area (Å²) in [5.41, 5.74) is 0. The molecule has 0 unspecified atom stereocenters. The zero-order valence-electron chi connectivity index (χ0n) is 10.5. The van der Waals surface area contributed by atoms with Gasteiger partial charge in [0.2, 0.25) is 5.95 Å². The first-order valence-corrected chi connectivity index (χ1v) is 6.08. The maximum atomic E-state index is 10.9. The third kappa shape index (κ3) is 3.40. The predicted octanol–water partition coefficient (Wildman–Crippen LogP) is 0.787. The summed E-state index contributed by atoms with van der Waals surface area (Å²) in [5.74, 6) is -0.0444. The average Bonchev–Trinajstić information content (AvgIpc) is 2.38. The van der Waals surface area contributed by atoms with Gasteiger partial charge in [0.25, 0.3) is 0 Å². The van der Waals surface area contributed by atoms with Gasteiger partial charge in [-0.1, -0.05) is 6.58 Å². The van der Waals surface area contributed by atoms with Crippen molar-refractivity contribution in [2.75, 3.05) is 18.0 Å². The molecule has 1 aliphatic heterocycles. The molecule has 0 amide bonds. The van der Waals surface area contributed by atoms with Crippen LogP contribution in [0.5, 0.6) is 0 Å². The van der Waals surface area contributed by atoms with E-state index < -0.39 is 5.97 Å². The number of anilines is 1. The molecule has 0 aliphatic carbocycles. The Morgan fingerprint density at radius 3 is 2.63 bits per heavy atom. The first-order valence-electron chi connectivity index (χ1n) is 6.08. The number of carbonyl (C=O) groups is 1. The standard InChI is InChI=1S/C12H16N4O3/c1-8(17)6-10-13-7-14-12(15-10)16-4-2-9(3-5-16)11(18)19/h7,9,17H,1-6H2,(H,18,19). The van der Waals surface area contributed by atoms with Crippen molar-refractivity contribution in [3.63, 3.8) is 0 Å². The lowest BCUT2D eigenvalue weighted by Crippen LogP contribution is -2.37. The van der Waals surface area contributed by atoms with Crippen LogP contribution in [0.2, 0.25) is 0 Å². The van der Waals surface area contributed by atoms with Crippen LogP contribution in [0.3, 0.4) is 0 Å². The highest BCUT2D eigenvalue weighted by Crippen LogP contribution is 2.20. The summed E-state index contributed by atoms with van der Waals surface area (Å²) >= 11 is 0. The summed E-state index contributed by atoms with van der Waals surface area (Å²) in [4.78, 5) is 25.1. The smallest absolute Gasteiger partial charge is 0.306 e. The minimum absolute atomic E-state index is 0.00161. The van der Waals surface area contributed by atoms with Gasteiger partial charge >= 0.3 is 5.97 Å². The summed E-state index contributed by atoms with van der Waals surface area (Å²) in [6.07, 6.45) is 2.76. The minimum Gasteiger partial charge on any atom is -0.512 e. The summed E-state index contributed by atoms with van der Waals surface area (Å²) < 4.78 is 0. The van der Waals surface area contributed by atoms with Crippen LogP contribution in [0.25, 0.3) is 0 Å². The van der Waals surface area contributed by atoms with Crippen LogP contribution in [0.15, 0.2) is 18.7 Å². The predicted molar refractivity (Wildman–Crippen MR) is 67.9 cm³/mol. The van der Waals surface area contributed by atoms with Crippen LogP contribution >= 0.6 is 0 Å². The van der Waals surface area contributed by atoms with Gasteiger partial charge in [-0.3, -0.25) is 4.79 Å². The van der Waals surface area contributed by atoms with Crippen molar-refractivity contribution in [1.29, 1.82) is 0 Å². The van der Waals surface area contributed by atoms with Gasteiger partial charge in [0.1, 0.15) is 12.2 Å². The zero-order valence-corrected chi connectivity index (χ0v) is 10.5. The van der Waals surface area contributed by atoms with Crippen LogP contribution in [-0.4, -0.2) is 44.2 Å². The lowest BCUT2D eigenvalue weighted by Gasteiger charge is -2.29. The molecular weight excluding hydrogens is 248 g/mol. The molecule has 7 heteroatoms.